The van der Waals surface area contributed by atoms with Crippen LogP contribution in [0.5, 0.6) is 0 Å². The molecule has 0 aliphatic carbocycles. The number of hydrogen-bond acceptors (Lipinski definition) is 6. The Morgan fingerprint density at radius 1 is 1.30 bits per heavy atom. The Balaban J connectivity index is 2.76. The third-order valence-corrected chi connectivity index (χ3v) is 2.79. The molecule has 0 aromatic carbocycles. The van der Waals surface area contributed by atoms with E-state index >= 15 is 0 Å². The van der Waals surface area contributed by atoms with Crippen molar-refractivity contribution in [2.45, 2.75) is 25.8 Å². The average molecular weight is 299 g/mol. The van der Waals surface area contributed by atoms with E-state index < -0.39 is 12.2 Å². The van der Waals surface area contributed by atoms with E-state index in [1.54, 1.807) is 26.0 Å². The summed E-state index contributed by atoms with van der Waals surface area (Å²) in [7, 11) is 0. The molecule has 110 valence electrons. The summed E-state index contributed by atoms with van der Waals surface area (Å²) < 4.78 is 10.5. The first-order valence-electron chi connectivity index (χ1n) is 6.08. The molecule has 8 heteroatoms. The van der Waals surface area contributed by atoms with Gasteiger partial charge in [-0.05, 0) is 32.9 Å². The molecule has 0 saturated carbocycles. The van der Waals surface area contributed by atoms with Gasteiger partial charge < -0.3 is 9.47 Å². The molecule has 0 atom stereocenters. The predicted octanol–water partition coefficient (Wildman–Crippen LogP) is 2.52. The van der Waals surface area contributed by atoms with Crippen molar-refractivity contribution < 1.29 is 19.1 Å². The van der Waals surface area contributed by atoms with Gasteiger partial charge in [0.15, 0.2) is 0 Å². The number of ether oxygens (including phenoxy) is 2. The molecule has 1 heterocycles. The third kappa shape index (κ3) is 5.35. The Morgan fingerprint density at radius 3 is 2.60 bits per heavy atom. The van der Waals surface area contributed by atoms with Gasteiger partial charge in [0.1, 0.15) is 5.03 Å². The number of pyridine rings is 1. The Labute approximate surface area is 121 Å². The SMILES string of the molecule is CCOC(=O)NN(Sc1cccc(C)n1)C(=O)OCC. The normalized spacial score (nSPS) is 9.75. The minimum absolute atomic E-state index is 0.196. The summed E-state index contributed by atoms with van der Waals surface area (Å²) in [6.07, 6.45) is -1.44. The van der Waals surface area contributed by atoms with Gasteiger partial charge in [0.25, 0.3) is 0 Å². The van der Waals surface area contributed by atoms with Crippen LogP contribution < -0.4 is 5.43 Å². The van der Waals surface area contributed by atoms with E-state index in [1.165, 1.54) is 0 Å². The second-order valence-electron chi connectivity index (χ2n) is 3.53. The van der Waals surface area contributed by atoms with E-state index in [0.29, 0.717) is 5.03 Å². The zero-order valence-electron chi connectivity index (χ0n) is 11.6. The third-order valence-electron chi connectivity index (χ3n) is 1.95. The number of carbonyl (C=O) groups excluding carboxylic acids is 2. The summed E-state index contributed by atoms with van der Waals surface area (Å²) in [5, 5.41) is 0.551. The summed E-state index contributed by atoms with van der Waals surface area (Å²) >= 11 is 0.941. The van der Waals surface area contributed by atoms with Crippen LogP contribution in [0.15, 0.2) is 23.2 Å². The average Bonchev–Trinajstić information content (AvgIpc) is 2.38. The predicted molar refractivity (Wildman–Crippen MR) is 73.8 cm³/mol. The molecule has 1 aromatic heterocycles. The van der Waals surface area contributed by atoms with Crippen molar-refractivity contribution in [1.29, 1.82) is 0 Å². The first-order chi connectivity index (χ1) is 9.56. The second kappa shape index (κ2) is 8.26. The largest absolute Gasteiger partial charge is 0.449 e. The zero-order valence-corrected chi connectivity index (χ0v) is 12.4. The topological polar surface area (TPSA) is 80.8 Å². The Bertz CT molecular complexity index is 470. The highest BCUT2D eigenvalue weighted by molar-refractivity contribution is 7.97. The van der Waals surface area contributed by atoms with Crippen LogP contribution in [-0.4, -0.2) is 34.8 Å². The van der Waals surface area contributed by atoms with Gasteiger partial charge in [-0.2, -0.15) is 0 Å². The maximum atomic E-state index is 11.8. The van der Waals surface area contributed by atoms with E-state index in [2.05, 4.69) is 10.4 Å². The molecule has 20 heavy (non-hydrogen) atoms. The van der Waals surface area contributed by atoms with Gasteiger partial charge in [-0.1, -0.05) is 6.07 Å². The summed E-state index contributed by atoms with van der Waals surface area (Å²) in [4.78, 5) is 27.4. The highest BCUT2D eigenvalue weighted by atomic mass is 32.2. The van der Waals surface area contributed by atoms with Gasteiger partial charge in [-0.25, -0.2) is 20.0 Å². The molecule has 0 aliphatic rings. The van der Waals surface area contributed by atoms with E-state index in [4.69, 9.17) is 9.47 Å². The first-order valence-corrected chi connectivity index (χ1v) is 6.86. The fourth-order valence-electron chi connectivity index (χ4n) is 1.20. The van der Waals surface area contributed by atoms with Gasteiger partial charge in [-0.15, -0.1) is 4.41 Å². The molecule has 0 aliphatic heterocycles. The second-order valence-corrected chi connectivity index (χ2v) is 4.50. The van der Waals surface area contributed by atoms with Gasteiger partial charge in [0.05, 0.1) is 13.2 Å². The van der Waals surface area contributed by atoms with Crippen molar-refractivity contribution in [1.82, 2.24) is 14.8 Å². The fraction of sp³-hybridized carbons (Fsp3) is 0.417. The van der Waals surface area contributed by atoms with E-state index in [-0.39, 0.29) is 13.2 Å². The number of amides is 2. The standard InChI is InChI=1S/C12H17N3O4S/c1-4-18-11(16)14-15(12(17)19-5-2)20-10-8-6-7-9(3)13-10/h6-8H,4-5H2,1-3H3,(H,14,16). The molecule has 1 rings (SSSR count). The number of nitrogens with one attached hydrogen (secondary N) is 1. The van der Waals surface area contributed by atoms with Crippen LogP contribution in [0, 0.1) is 6.92 Å². The van der Waals surface area contributed by atoms with E-state index in [9.17, 15) is 9.59 Å². The van der Waals surface area contributed by atoms with Crippen molar-refractivity contribution in [3.63, 3.8) is 0 Å². The Morgan fingerprint density at radius 2 is 2.00 bits per heavy atom. The van der Waals surface area contributed by atoms with Crippen LogP contribution in [0.4, 0.5) is 9.59 Å². The summed E-state index contributed by atoms with van der Waals surface area (Å²) in [5.74, 6) is 0. The van der Waals surface area contributed by atoms with Gasteiger partial charge in [-0.3, -0.25) is 0 Å². The quantitative estimate of drug-likeness (QED) is 0.679. The van der Waals surface area contributed by atoms with Crippen LogP contribution >= 0.6 is 11.9 Å². The lowest BCUT2D eigenvalue weighted by Gasteiger charge is -2.19. The molecule has 7 nitrogen and oxygen atoms in total. The van der Waals surface area contributed by atoms with Gasteiger partial charge in [0, 0.05) is 17.6 Å². The fourth-order valence-corrected chi connectivity index (χ4v) is 1.96. The molecule has 0 spiro atoms. The number of hydrogen-bond donors (Lipinski definition) is 1. The number of aryl methyl sites for hydroxylation is 1. The minimum atomic E-state index is -0.735. The minimum Gasteiger partial charge on any atom is -0.449 e. The van der Waals surface area contributed by atoms with Crippen LogP contribution in [0.25, 0.3) is 0 Å². The first kappa shape index (κ1) is 16.1. The molecular formula is C12H17N3O4S. The van der Waals surface area contributed by atoms with Crippen molar-refractivity contribution in [2.75, 3.05) is 13.2 Å². The number of nitrogens with zero attached hydrogens (tertiary/aromatic N) is 2. The monoisotopic (exact) mass is 299 g/mol. The van der Waals surface area contributed by atoms with Gasteiger partial charge in [0.2, 0.25) is 0 Å². The van der Waals surface area contributed by atoms with Crippen molar-refractivity contribution in [2.24, 2.45) is 0 Å². The number of hydrazine groups is 1. The molecule has 1 N–H and O–H groups in total. The highest BCUT2D eigenvalue weighted by Crippen LogP contribution is 2.19. The number of carbonyl (C=O) groups is 2. The molecule has 0 fully saturated rings. The van der Waals surface area contributed by atoms with E-state index in [1.807, 2.05) is 13.0 Å². The molecule has 2 amide bonds. The van der Waals surface area contributed by atoms with Gasteiger partial charge >= 0.3 is 12.2 Å². The molecular weight excluding hydrogens is 282 g/mol. The maximum Gasteiger partial charge on any atom is 0.439 e. The maximum absolute atomic E-state index is 11.8. The van der Waals surface area contributed by atoms with Crippen LogP contribution in [0.1, 0.15) is 19.5 Å². The molecule has 0 radical (unpaired) electrons. The van der Waals surface area contributed by atoms with E-state index in [0.717, 1.165) is 22.1 Å². The molecule has 0 bridgehead atoms. The lowest BCUT2D eigenvalue weighted by Crippen LogP contribution is -2.42. The summed E-state index contributed by atoms with van der Waals surface area (Å²) in [6.45, 7) is 5.58. The van der Waals surface area contributed by atoms with Crippen LogP contribution in [0.2, 0.25) is 0 Å². The smallest absolute Gasteiger partial charge is 0.439 e. The lowest BCUT2D eigenvalue weighted by atomic mass is 10.4. The summed E-state index contributed by atoms with van der Waals surface area (Å²) in [5.41, 5.74) is 3.09. The highest BCUT2D eigenvalue weighted by Gasteiger charge is 2.20. The van der Waals surface area contributed by atoms with Crippen molar-refractivity contribution in [3.05, 3.63) is 23.9 Å². The van der Waals surface area contributed by atoms with Crippen LogP contribution in [-0.2, 0) is 9.47 Å². The zero-order chi connectivity index (χ0) is 15.0. The molecule has 1 aromatic rings. The Hall–Kier alpha value is -1.96. The molecule has 0 unspecified atom stereocenters. The number of aromatic nitrogens is 1. The number of rotatable bonds is 4. The lowest BCUT2D eigenvalue weighted by molar-refractivity contribution is 0.106. The van der Waals surface area contributed by atoms with Crippen LogP contribution in [0.3, 0.4) is 0 Å². The molecule has 0 saturated heterocycles. The van der Waals surface area contributed by atoms with Crippen molar-refractivity contribution >= 4 is 24.1 Å². The summed E-state index contributed by atoms with van der Waals surface area (Å²) in [6, 6.07) is 5.35. The van der Waals surface area contributed by atoms with Crippen molar-refractivity contribution in [3.8, 4) is 0 Å². The Kier molecular flexibility index (Phi) is 6.65.